The Morgan fingerprint density at radius 1 is 1.50 bits per heavy atom. The first kappa shape index (κ1) is 11.4. The van der Waals surface area contributed by atoms with E-state index < -0.39 is 0 Å². The van der Waals surface area contributed by atoms with Gasteiger partial charge in [-0.25, -0.2) is 0 Å². The number of likely N-dealkylation sites (N-methyl/N-ethyl adjacent to an activating group) is 1. The van der Waals surface area contributed by atoms with Crippen LogP contribution in [0.15, 0.2) is 28.7 Å². The van der Waals surface area contributed by atoms with Gasteiger partial charge < -0.3 is 5.32 Å². The average molecular weight is 256 g/mol. The number of halogens is 1. The smallest absolute Gasteiger partial charge is 0.180 e. The van der Waals surface area contributed by atoms with Gasteiger partial charge in [0, 0.05) is 10.0 Å². The summed E-state index contributed by atoms with van der Waals surface area (Å²) in [4.78, 5) is 11.9. The topological polar surface area (TPSA) is 29.1 Å². The molecule has 0 radical (unpaired) electrons. The third kappa shape index (κ3) is 2.66. The second-order valence-corrected chi connectivity index (χ2v) is 3.98. The van der Waals surface area contributed by atoms with E-state index >= 15 is 0 Å². The number of Topliss-reactive ketones (excluding diaryl/α,β-unsaturated/α-hetero) is 1. The molecular weight excluding hydrogens is 242 g/mol. The lowest BCUT2D eigenvalue weighted by molar-refractivity contribution is 0.0951. The van der Waals surface area contributed by atoms with Crippen LogP contribution in [-0.4, -0.2) is 18.4 Å². The summed E-state index contributed by atoms with van der Waals surface area (Å²) in [6.07, 6.45) is 0. The monoisotopic (exact) mass is 255 g/mol. The molecule has 1 unspecified atom stereocenters. The Bertz CT molecular complexity index is 325. The van der Waals surface area contributed by atoms with Crippen molar-refractivity contribution < 1.29 is 4.79 Å². The van der Waals surface area contributed by atoms with Crippen molar-refractivity contribution in [3.8, 4) is 0 Å². The van der Waals surface area contributed by atoms with Gasteiger partial charge in [0.2, 0.25) is 0 Å². The van der Waals surface area contributed by atoms with E-state index in [0.29, 0.717) is 0 Å². The Hall–Kier alpha value is -0.670. The third-order valence-corrected chi connectivity index (χ3v) is 2.73. The predicted molar refractivity (Wildman–Crippen MR) is 61.6 cm³/mol. The van der Waals surface area contributed by atoms with Gasteiger partial charge in [0.05, 0.1) is 6.04 Å². The van der Waals surface area contributed by atoms with Crippen molar-refractivity contribution in [2.24, 2.45) is 0 Å². The number of carbonyl (C=O) groups excluding carboxylic acids is 1. The van der Waals surface area contributed by atoms with Crippen LogP contribution in [0.2, 0.25) is 0 Å². The van der Waals surface area contributed by atoms with Crippen molar-refractivity contribution in [3.05, 3.63) is 34.3 Å². The highest BCUT2D eigenvalue weighted by atomic mass is 79.9. The molecular formula is C11H14BrNO. The largest absolute Gasteiger partial charge is 0.308 e. The van der Waals surface area contributed by atoms with E-state index in [2.05, 4.69) is 21.2 Å². The maximum Gasteiger partial charge on any atom is 0.180 e. The Morgan fingerprint density at radius 2 is 2.14 bits per heavy atom. The number of benzene rings is 1. The minimum atomic E-state index is -0.126. The fraction of sp³-hybridized carbons (Fsp3) is 0.364. The Morgan fingerprint density at radius 3 is 2.71 bits per heavy atom. The summed E-state index contributed by atoms with van der Waals surface area (Å²) in [5, 5.41) is 3.10. The standard InChI is InChI=1S/C11H14BrNO/c1-3-13-8(2)11(14)9-6-4-5-7-10(9)12/h4-8,13H,3H2,1-2H3. The molecule has 2 nitrogen and oxygen atoms in total. The molecule has 0 aromatic heterocycles. The molecule has 0 aliphatic carbocycles. The SMILES string of the molecule is CCNC(C)C(=O)c1ccccc1Br. The molecule has 1 N–H and O–H groups in total. The molecule has 0 aliphatic heterocycles. The minimum absolute atomic E-state index is 0.124. The highest BCUT2D eigenvalue weighted by Crippen LogP contribution is 2.17. The summed E-state index contributed by atoms with van der Waals surface area (Å²) < 4.78 is 0.856. The zero-order valence-electron chi connectivity index (χ0n) is 8.38. The molecule has 1 rings (SSSR count). The second kappa shape index (κ2) is 5.27. The lowest BCUT2D eigenvalue weighted by Gasteiger charge is -2.11. The minimum Gasteiger partial charge on any atom is -0.308 e. The molecule has 1 atom stereocenters. The fourth-order valence-corrected chi connectivity index (χ4v) is 1.77. The number of hydrogen-bond acceptors (Lipinski definition) is 2. The normalized spacial score (nSPS) is 12.5. The maximum atomic E-state index is 11.9. The zero-order chi connectivity index (χ0) is 10.6. The molecule has 14 heavy (non-hydrogen) atoms. The van der Waals surface area contributed by atoms with Crippen LogP contribution in [0.5, 0.6) is 0 Å². The van der Waals surface area contributed by atoms with E-state index in [0.717, 1.165) is 16.6 Å². The first-order valence-electron chi connectivity index (χ1n) is 4.69. The average Bonchev–Trinajstić information content (AvgIpc) is 2.18. The van der Waals surface area contributed by atoms with Gasteiger partial charge >= 0.3 is 0 Å². The summed E-state index contributed by atoms with van der Waals surface area (Å²) in [6, 6.07) is 7.36. The molecule has 0 saturated carbocycles. The van der Waals surface area contributed by atoms with E-state index in [-0.39, 0.29) is 11.8 Å². The van der Waals surface area contributed by atoms with Gasteiger partial charge in [-0.05, 0) is 19.5 Å². The number of rotatable bonds is 4. The van der Waals surface area contributed by atoms with Crippen LogP contribution < -0.4 is 5.32 Å². The third-order valence-electron chi connectivity index (χ3n) is 2.04. The van der Waals surface area contributed by atoms with Crippen LogP contribution in [0, 0.1) is 0 Å². The van der Waals surface area contributed by atoms with Crippen molar-refractivity contribution >= 4 is 21.7 Å². The van der Waals surface area contributed by atoms with E-state index in [1.165, 1.54) is 0 Å². The van der Waals surface area contributed by atoms with Gasteiger partial charge in [0.1, 0.15) is 0 Å². The van der Waals surface area contributed by atoms with E-state index in [1.807, 2.05) is 38.1 Å². The summed E-state index contributed by atoms with van der Waals surface area (Å²) in [5.74, 6) is 0.124. The predicted octanol–water partition coefficient (Wildman–Crippen LogP) is 2.63. The Balaban J connectivity index is 2.84. The highest BCUT2D eigenvalue weighted by molar-refractivity contribution is 9.10. The van der Waals surface area contributed by atoms with Crippen molar-refractivity contribution in [1.29, 1.82) is 0 Å². The maximum absolute atomic E-state index is 11.9. The molecule has 3 heteroatoms. The van der Waals surface area contributed by atoms with Crippen LogP contribution in [-0.2, 0) is 0 Å². The van der Waals surface area contributed by atoms with Gasteiger partial charge in [-0.1, -0.05) is 41.1 Å². The number of nitrogens with one attached hydrogen (secondary N) is 1. The fourth-order valence-electron chi connectivity index (χ4n) is 1.29. The van der Waals surface area contributed by atoms with Crippen LogP contribution in [0.25, 0.3) is 0 Å². The lowest BCUT2D eigenvalue weighted by Crippen LogP contribution is -2.33. The van der Waals surface area contributed by atoms with Crippen LogP contribution >= 0.6 is 15.9 Å². The first-order valence-corrected chi connectivity index (χ1v) is 5.48. The molecule has 0 heterocycles. The van der Waals surface area contributed by atoms with Crippen LogP contribution in [0.1, 0.15) is 24.2 Å². The van der Waals surface area contributed by atoms with Gasteiger partial charge in [0.15, 0.2) is 5.78 Å². The van der Waals surface area contributed by atoms with Gasteiger partial charge in [0.25, 0.3) is 0 Å². The van der Waals surface area contributed by atoms with Crippen molar-refractivity contribution in [1.82, 2.24) is 5.32 Å². The quantitative estimate of drug-likeness (QED) is 0.839. The summed E-state index contributed by atoms with van der Waals surface area (Å²) in [7, 11) is 0. The first-order chi connectivity index (χ1) is 6.66. The molecule has 0 aliphatic rings. The van der Waals surface area contributed by atoms with Crippen molar-refractivity contribution in [2.75, 3.05) is 6.54 Å². The molecule has 1 aromatic rings. The van der Waals surface area contributed by atoms with Gasteiger partial charge in [-0.3, -0.25) is 4.79 Å². The number of ketones is 1. The molecule has 1 aromatic carbocycles. The second-order valence-electron chi connectivity index (χ2n) is 3.12. The van der Waals surface area contributed by atoms with E-state index in [1.54, 1.807) is 0 Å². The lowest BCUT2D eigenvalue weighted by atomic mass is 10.1. The van der Waals surface area contributed by atoms with Gasteiger partial charge in [-0.2, -0.15) is 0 Å². The number of carbonyl (C=O) groups is 1. The van der Waals surface area contributed by atoms with Crippen LogP contribution in [0.3, 0.4) is 0 Å². The molecule has 0 bridgehead atoms. The van der Waals surface area contributed by atoms with Gasteiger partial charge in [-0.15, -0.1) is 0 Å². The van der Waals surface area contributed by atoms with E-state index in [4.69, 9.17) is 0 Å². The summed E-state index contributed by atoms with van der Waals surface area (Å²) in [5.41, 5.74) is 0.737. The van der Waals surface area contributed by atoms with Crippen LogP contribution in [0.4, 0.5) is 0 Å². The Kier molecular flexibility index (Phi) is 4.29. The number of hydrogen-bond donors (Lipinski definition) is 1. The highest BCUT2D eigenvalue weighted by Gasteiger charge is 2.15. The molecule has 0 spiro atoms. The summed E-state index contributed by atoms with van der Waals surface area (Å²) in [6.45, 7) is 4.67. The Labute approximate surface area is 92.8 Å². The molecule has 76 valence electrons. The van der Waals surface area contributed by atoms with Crippen molar-refractivity contribution in [3.63, 3.8) is 0 Å². The molecule has 0 amide bonds. The van der Waals surface area contributed by atoms with Crippen molar-refractivity contribution in [2.45, 2.75) is 19.9 Å². The van der Waals surface area contributed by atoms with E-state index in [9.17, 15) is 4.79 Å². The summed E-state index contributed by atoms with van der Waals surface area (Å²) >= 11 is 3.37. The zero-order valence-corrected chi connectivity index (χ0v) is 9.97. The molecule has 0 saturated heterocycles. The molecule has 0 fully saturated rings.